The number of aromatic nitrogens is 2. The molecule has 1 aliphatic carbocycles. The molecule has 1 aromatic heterocycles. The Morgan fingerprint density at radius 1 is 1.32 bits per heavy atom. The predicted molar refractivity (Wildman–Crippen MR) is 83.9 cm³/mol. The van der Waals surface area contributed by atoms with Crippen molar-refractivity contribution in [2.24, 2.45) is 0 Å². The first-order chi connectivity index (χ1) is 10.7. The lowest BCUT2D eigenvalue weighted by molar-refractivity contribution is 0.336. The maximum absolute atomic E-state index is 8.91. The zero-order valence-corrected chi connectivity index (χ0v) is 12.7. The van der Waals surface area contributed by atoms with Gasteiger partial charge in [-0.25, -0.2) is 4.98 Å². The number of hydrogen-bond donors (Lipinski definition) is 0. The summed E-state index contributed by atoms with van der Waals surface area (Å²) in [6.07, 6.45) is 5.33. The summed E-state index contributed by atoms with van der Waals surface area (Å²) in [6.45, 7) is 0. The quantitative estimate of drug-likeness (QED) is 0.867. The van der Waals surface area contributed by atoms with Gasteiger partial charge in [0.1, 0.15) is 17.6 Å². The molecule has 0 aliphatic heterocycles. The van der Waals surface area contributed by atoms with Gasteiger partial charge in [-0.15, -0.1) is 0 Å². The Balaban J connectivity index is 1.66. The maximum Gasteiger partial charge on any atom is 0.161 e. The van der Waals surface area contributed by atoms with Crippen molar-refractivity contribution >= 4 is 5.82 Å². The van der Waals surface area contributed by atoms with Crippen LogP contribution >= 0.6 is 0 Å². The van der Waals surface area contributed by atoms with E-state index in [-0.39, 0.29) is 0 Å². The second-order valence-corrected chi connectivity index (χ2v) is 5.58. The highest BCUT2D eigenvalue weighted by atomic mass is 16.5. The van der Waals surface area contributed by atoms with Crippen LogP contribution in [0.5, 0.6) is 5.75 Å². The lowest BCUT2D eigenvalue weighted by Gasteiger charge is -2.42. The third-order valence-corrected chi connectivity index (χ3v) is 4.32. The second kappa shape index (κ2) is 6.02. The standard InChI is InChI=1S/C17H18N4O/c1-21(17-11-19-10-14(9-18)20-17)15-6-13(7-15)12-4-3-5-16(8-12)22-2/h3-5,8,10-11,13,15H,6-7H2,1-2H3. The number of benzene rings is 1. The van der Waals surface area contributed by atoms with Crippen LogP contribution in [-0.2, 0) is 0 Å². The minimum atomic E-state index is 0.355. The smallest absolute Gasteiger partial charge is 0.161 e. The molecule has 0 saturated heterocycles. The molecule has 5 heteroatoms. The molecule has 3 rings (SSSR count). The summed E-state index contributed by atoms with van der Waals surface area (Å²) in [5.74, 6) is 2.21. The van der Waals surface area contributed by atoms with Gasteiger partial charge >= 0.3 is 0 Å². The summed E-state index contributed by atoms with van der Waals surface area (Å²) in [5.41, 5.74) is 1.67. The summed E-state index contributed by atoms with van der Waals surface area (Å²) in [7, 11) is 3.70. The van der Waals surface area contributed by atoms with E-state index in [0.29, 0.717) is 17.7 Å². The number of nitriles is 1. The van der Waals surface area contributed by atoms with Gasteiger partial charge in [0, 0.05) is 13.1 Å². The van der Waals surface area contributed by atoms with E-state index in [1.54, 1.807) is 13.3 Å². The Hall–Kier alpha value is -2.61. The average molecular weight is 294 g/mol. The fraction of sp³-hybridized carbons (Fsp3) is 0.353. The van der Waals surface area contributed by atoms with E-state index in [2.05, 4.69) is 27.0 Å². The van der Waals surface area contributed by atoms with Crippen molar-refractivity contribution in [2.45, 2.75) is 24.8 Å². The van der Waals surface area contributed by atoms with Gasteiger partial charge in [0.25, 0.3) is 0 Å². The summed E-state index contributed by atoms with van der Waals surface area (Å²) in [5, 5.41) is 8.91. The van der Waals surface area contributed by atoms with Crippen LogP contribution in [0.15, 0.2) is 36.7 Å². The Morgan fingerprint density at radius 3 is 2.86 bits per heavy atom. The van der Waals surface area contributed by atoms with Crippen molar-refractivity contribution in [2.75, 3.05) is 19.1 Å². The number of ether oxygens (including phenoxy) is 1. The molecule has 0 bridgehead atoms. The molecule has 112 valence electrons. The number of nitrogens with zero attached hydrogens (tertiary/aromatic N) is 4. The highest BCUT2D eigenvalue weighted by molar-refractivity contribution is 5.41. The number of methoxy groups -OCH3 is 1. The molecule has 0 N–H and O–H groups in total. The monoisotopic (exact) mass is 294 g/mol. The van der Waals surface area contributed by atoms with E-state index < -0.39 is 0 Å². The Morgan fingerprint density at radius 2 is 2.14 bits per heavy atom. The molecule has 1 heterocycles. The van der Waals surface area contributed by atoms with Gasteiger partial charge in [0.2, 0.25) is 0 Å². The minimum absolute atomic E-state index is 0.355. The molecule has 1 saturated carbocycles. The Labute approximate surface area is 130 Å². The molecule has 1 aliphatic rings. The molecule has 22 heavy (non-hydrogen) atoms. The van der Waals surface area contributed by atoms with Crippen LogP contribution in [0.3, 0.4) is 0 Å². The third kappa shape index (κ3) is 2.73. The zero-order valence-electron chi connectivity index (χ0n) is 12.7. The molecular formula is C17H18N4O. The molecule has 0 atom stereocenters. The van der Waals surface area contributed by atoms with Crippen molar-refractivity contribution in [3.63, 3.8) is 0 Å². The van der Waals surface area contributed by atoms with E-state index in [0.717, 1.165) is 24.4 Å². The van der Waals surface area contributed by atoms with Crippen molar-refractivity contribution in [1.82, 2.24) is 9.97 Å². The van der Waals surface area contributed by atoms with Crippen molar-refractivity contribution in [3.05, 3.63) is 47.9 Å². The molecular weight excluding hydrogens is 276 g/mol. The molecule has 0 spiro atoms. The van der Waals surface area contributed by atoms with Gasteiger partial charge in [-0.2, -0.15) is 5.26 Å². The van der Waals surface area contributed by atoms with Gasteiger partial charge in [-0.05, 0) is 36.5 Å². The molecule has 1 aromatic carbocycles. The highest BCUT2D eigenvalue weighted by Gasteiger charge is 2.33. The van der Waals surface area contributed by atoms with Gasteiger partial charge in [0.05, 0.1) is 19.5 Å². The number of anilines is 1. The highest BCUT2D eigenvalue weighted by Crippen LogP contribution is 2.41. The first-order valence-corrected chi connectivity index (χ1v) is 7.30. The lowest BCUT2D eigenvalue weighted by atomic mass is 9.75. The Bertz CT molecular complexity index is 704. The van der Waals surface area contributed by atoms with Gasteiger partial charge in [-0.3, -0.25) is 4.98 Å². The average Bonchev–Trinajstić information content (AvgIpc) is 2.53. The maximum atomic E-state index is 8.91. The SMILES string of the molecule is COc1cccc(C2CC(N(C)c3cncc(C#N)n3)C2)c1. The van der Waals surface area contributed by atoms with Gasteiger partial charge < -0.3 is 9.64 Å². The van der Waals surface area contributed by atoms with E-state index in [4.69, 9.17) is 10.00 Å². The largest absolute Gasteiger partial charge is 0.497 e. The number of hydrogen-bond acceptors (Lipinski definition) is 5. The van der Waals surface area contributed by atoms with Crippen LogP contribution in [0.25, 0.3) is 0 Å². The minimum Gasteiger partial charge on any atom is -0.497 e. The van der Waals surface area contributed by atoms with Gasteiger partial charge in [-0.1, -0.05) is 12.1 Å². The van der Waals surface area contributed by atoms with E-state index >= 15 is 0 Å². The van der Waals surface area contributed by atoms with Gasteiger partial charge in [0.15, 0.2) is 5.69 Å². The van der Waals surface area contributed by atoms with Crippen LogP contribution in [0.2, 0.25) is 0 Å². The molecule has 0 radical (unpaired) electrons. The van der Waals surface area contributed by atoms with E-state index in [1.807, 2.05) is 25.2 Å². The topological polar surface area (TPSA) is 62.0 Å². The van der Waals surface area contributed by atoms with Crippen molar-refractivity contribution < 1.29 is 4.74 Å². The summed E-state index contributed by atoms with van der Waals surface area (Å²) >= 11 is 0. The molecule has 5 nitrogen and oxygen atoms in total. The van der Waals surface area contributed by atoms with Crippen LogP contribution < -0.4 is 9.64 Å². The van der Waals surface area contributed by atoms with Crippen LogP contribution in [0.4, 0.5) is 5.82 Å². The van der Waals surface area contributed by atoms with E-state index in [1.165, 1.54) is 11.8 Å². The second-order valence-electron chi connectivity index (χ2n) is 5.58. The van der Waals surface area contributed by atoms with Crippen LogP contribution in [-0.4, -0.2) is 30.2 Å². The first-order valence-electron chi connectivity index (χ1n) is 7.30. The molecule has 1 fully saturated rings. The third-order valence-electron chi connectivity index (χ3n) is 4.32. The number of rotatable bonds is 4. The van der Waals surface area contributed by atoms with Crippen molar-refractivity contribution in [1.29, 1.82) is 5.26 Å². The van der Waals surface area contributed by atoms with E-state index in [9.17, 15) is 0 Å². The molecule has 0 amide bonds. The summed E-state index contributed by atoms with van der Waals surface area (Å²) in [4.78, 5) is 10.5. The first kappa shape index (κ1) is 14.3. The van der Waals surface area contributed by atoms with Crippen molar-refractivity contribution in [3.8, 4) is 11.8 Å². The normalized spacial score (nSPS) is 19.9. The summed E-state index contributed by atoms with van der Waals surface area (Å²) in [6, 6.07) is 10.7. The Kier molecular flexibility index (Phi) is 3.92. The fourth-order valence-electron chi connectivity index (χ4n) is 2.84. The van der Waals surface area contributed by atoms with Crippen LogP contribution in [0.1, 0.15) is 30.0 Å². The van der Waals surface area contributed by atoms with Crippen LogP contribution in [0, 0.1) is 11.3 Å². The fourth-order valence-corrected chi connectivity index (χ4v) is 2.84. The zero-order chi connectivity index (χ0) is 15.5. The molecule has 0 unspecified atom stereocenters. The molecule has 2 aromatic rings. The summed E-state index contributed by atoms with van der Waals surface area (Å²) < 4.78 is 5.28. The predicted octanol–water partition coefficient (Wildman–Crippen LogP) is 2.74. The lowest BCUT2D eigenvalue weighted by Crippen LogP contribution is -2.42.